The predicted octanol–water partition coefficient (Wildman–Crippen LogP) is 4.16. The van der Waals surface area contributed by atoms with Gasteiger partial charge in [-0.15, -0.1) is 0 Å². The van der Waals surface area contributed by atoms with Gasteiger partial charge >= 0.3 is 0 Å². The zero-order valence-corrected chi connectivity index (χ0v) is 17.8. The molecule has 1 aliphatic heterocycles. The second-order valence-corrected chi connectivity index (χ2v) is 9.93. The van der Waals surface area contributed by atoms with Gasteiger partial charge in [-0.05, 0) is 32.4 Å². The summed E-state index contributed by atoms with van der Waals surface area (Å²) < 4.78 is 33.0. The fraction of sp³-hybridized carbons (Fsp3) is 0.455. The molecular formula is C22H29NO4S. The topological polar surface area (TPSA) is 56.8 Å². The normalized spacial score (nSPS) is 20.1. The molecule has 5 nitrogen and oxygen atoms in total. The number of hydrogen-bond donors (Lipinski definition) is 1. The van der Waals surface area contributed by atoms with Gasteiger partial charge in [-0.1, -0.05) is 36.4 Å². The molecule has 28 heavy (non-hydrogen) atoms. The van der Waals surface area contributed by atoms with Crippen LogP contribution < -0.4 is 14.2 Å². The Labute approximate surface area is 170 Å². The maximum Gasteiger partial charge on any atom is 0.128 e. The van der Waals surface area contributed by atoms with Crippen LogP contribution in [0.4, 0.5) is 0 Å². The van der Waals surface area contributed by atoms with Crippen molar-refractivity contribution in [2.75, 3.05) is 13.7 Å². The van der Waals surface area contributed by atoms with Gasteiger partial charge in [-0.25, -0.2) is 8.93 Å². The van der Waals surface area contributed by atoms with Gasteiger partial charge in [0.15, 0.2) is 0 Å². The standard InChI is InChI=1S/C22H29NO4S/c1-22(2,3)28(24)23-20-12-18(15-26-14-16-8-6-5-7-9-16)27-21-13-17(25-4)10-11-19(20)21/h5-11,13,18,20,23H,12,14-15H2,1-4H3/t18-,20-,28?/m0/s1. The zero-order chi connectivity index (χ0) is 20.1. The van der Waals surface area contributed by atoms with Crippen molar-refractivity contribution in [1.82, 2.24) is 4.72 Å². The van der Waals surface area contributed by atoms with Crippen LogP contribution in [0.2, 0.25) is 0 Å². The molecular weight excluding hydrogens is 374 g/mol. The minimum absolute atomic E-state index is 0.0694. The molecule has 152 valence electrons. The number of fused-ring (bicyclic) bond motifs is 1. The summed E-state index contributed by atoms with van der Waals surface area (Å²) in [6, 6.07) is 15.8. The van der Waals surface area contributed by atoms with Gasteiger partial charge in [0.25, 0.3) is 0 Å². The van der Waals surface area contributed by atoms with Crippen molar-refractivity contribution >= 4 is 11.0 Å². The van der Waals surface area contributed by atoms with Crippen molar-refractivity contribution in [2.45, 2.75) is 50.7 Å². The SMILES string of the molecule is COc1ccc2c(c1)O[C@H](COCc1ccccc1)C[C@@H]2NS(=O)C(C)(C)C. The van der Waals surface area contributed by atoms with Crippen molar-refractivity contribution in [3.05, 3.63) is 59.7 Å². The Morgan fingerprint density at radius 3 is 2.61 bits per heavy atom. The molecule has 1 heterocycles. The molecule has 0 aromatic heterocycles. The largest absolute Gasteiger partial charge is 0.497 e. The highest BCUT2D eigenvalue weighted by Gasteiger charge is 2.32. The summed E-state index contributed by atoms with van der Waals surface area (Å²) in [6.07, 6.45) is 0.563. The minimum atomic E-state index is -1.18. The molecule has 0 saturated heterocycles. The maximum absolute atomic E-state index is 12.7. The van der Waals surface area contributed by atoms with Crippen molar-refractivity contribution < 1.29 is 18.4 Å². The molecule has 3 rings (SSSR count). The van der Waals surface area contributed by atoms with Gasteiger partial charge in [0, 0.05) is 18.1 Å². The fourth-order valence-electron chi connectivity index (χ4n) is 3.05. The fourth-order valence-corrected chi connectivity index (χ4v) is 3.89. The average molecular weight is 404 g/mol. The first kappa shape index (κ1) is 20.8. The van der Waals surface area contributed by atoms with E-state index >= 15 is 0 Å². The van der Waals surface area contributed by atoms with Gasteiger partial charge in [0.2, 0.25) is 0 Å². The highest BCUT2D eigenvalue weighted by Crippen LogP contribution is 2.38. The third-order valence-corrected chi connectivity index (χ3v) is 6.22. The summed E-state index contributed by atoms with van der Waals surface area (Å²) in [4.78, 5) is 0. The van der Waals surface area contributed by atoms with E-state index in [0.717, 1.165) is 22.6 Å². The predicted molar refractivity (Wildman–Crippen MR) is 112 cm³/mol. The van der Waals surface area contributed by atoms with Crippen LogP contribution in [0.15, 0.2) is 48.5 Å². The van der Waals surface area contributed by atoms with E-state index in [9.17, 15) is 4.21 Å². The summed E-state index contributed by atoms with van der Waals surface area (Å²) >= 11 is 0. The lowest BCUT2D eigenvalue weighted by Gasteiger charge is -2.34. The molecule has 0 radical (unpaired) electrons. The first-order valence-corrected chi connectivity index (χ1v) is 10.7. The van der Waals surface area contributed by atoms with E-state index in [2.05, 4.69) is 4.72 Å². The third kappa shape index (κ3) is 5.34. The molecule has 0 saturated carbocycles. The van der Waals surface area contributed by atoms with E-state index < -0.39 is 11.0 Å². The first-order valence-electron chi connectivity index (χ1n) is 9.51. The van der Waals surface area contributed by atoms with E-state index in [0.29, 0.717) is 19.6 Å². The van der Waals surface area contributed by atoms with Gasteiger partial charge < -0.3 is 14.2 Å². The van der Waals surface area contributed by atoms with E-state index in [-0.39, 0.29) is 16.9 Å². The molecule has 1 N–H and O–H groups in total. The zero-order valence-electron chi connectivity index (χ0n) is 16.9. The van der Waals surface area contributed by atoms with Crippen LogP contribution in [0.1, 0.15) is 44.4 Å². The number of rotatable bonds is 7. The molecule has 0 bridgehead atoms. The van der Waals surface area contributed by atoms with Crippen molar-refractivity contribution in [1.29, 1.82) is 0 Å². The first-order chi connectivity index (χ1) is 13.4. The molecule has 1 unspecified atom stereocenters. The Kier molecular flexibility index (Phi) is 6.75. The number of ether oxygens (including phenoxy) is 3. The Bertz CT molecular complexity index is 804. The average Bonchev–Trinajstić information content (AvgIpc) is 2.67. The Balaban J connectivity index is 1.71. The molecule has 1 aliphatic rings. The molecule has 0 spiro atoms. The molecule has 3 atom stereocenters. The number of methoxy groups -OCH3 is 1. The summed E-state index contributed by atoms with van der Waals surface area (Å²) in [5.41, 5.74) is 2.13. The second-order valence-electron chi connectivity index (χ2n) is 7.93. The highest BCUT2D eigenvalue weighted by atomic mass is 32.2. The van der Waals surface area contributed by atoms with E-state index in [1.54, 1.807) is 7.11 Å². The lowest BCUT2D eigenvalue weighted by atomic mass is 9.97. The second kappa shape index (κ2) is 9.07. The van der Waals surface area contributed by atoms with Crippen LogP contribution in [0.25, 0.3) is 0 Å². The highest BCUT2D eigenvalue weighted by molar-refractivity contribution is 7.84. The minimum Gasteiger partial charge on any atom is -0.497 e. The molecule has 0 fully saturated rings. The third-order valence-electron chi connectivity index (χ3n) is 4.61. The lowest BCUT2D eigenvalue weighted by Crippen LogP contribution is -2.40. The van der Waals surface area contributed by atoms with Crippen LogP contribution in [0.5, 0.6) is 11.5 Å². The van der Waals surface area contributed by atoms with Gasteiger partial charge in [-0.2, -0.15) is 0 Å². The molecule has 0 amide bonds. The maximum atomic E-state index is 12.7. The summed E-state index contributed by atoms with van der Waals surface area (Å²) in [5.74, 6) is 1.49. The quantitative estimate of drug-likeness (QED) is 0.754. The molecule has 2 aromatic carbocycles. The smallest absolute Gasteiger partial charge is 0.128 e. The number of benzene rings is 2. The van der Waals surface area contributed by atoms with Gasteiger partial charge in [-0.3, -0.25) is 0 Å². The van der Waals surface area contributed by atoms with Crippen LogP contribution >= 0.6 is 0 Å². The molecule has 0 aliphatic carbocycles. The van der Waals surface area contributed by atoms with Crippen molar-refractivity contribution in [3.8, 4) is 11.5 Å². The van der Waals surface area contributed by atoms with Crippen LogP contribution in [-0.4, -0.2) is 28.8 Å². The number of nitrogens with one attached hydrogen (secondary N) is 1. The van der Waals surface area contributed by atoms with Gasteiger partial charge in [0.1, 0.15) is 17.6 Å². The summed E-state index contributed by atoms with van der Waals surface area (Å²) in [7, 11) is 0.457. The molecule has 2 aromatic rings. The van der Waals surface area contributed by atoms with E-state index in [1.807, 2.05) is 69.3 Å². The van der Waals surface area contributed by atoms with Crippen LogP contribution in [0.3, 0.4) is 0 Å². The lowest BCUT2D eigenvalue weighted by molar-refractivity contribution is 0.0257. The van der Waals surface area contributed by atoms with Crippen molar-refractivity contribution in [2.24, 2.45) is 0 Å². The Hall–Kier alpha value is -1.89. The monoisotopic (exact) mass is 403 g/mol. The van der Waals surface area contributed by atoms with Gasteiger partial charge in [0.05, 0.1) is 42.1 Å². The Morgan fingerprint density at radius 2 is 1.93 bits per heavy atom. The summed E-state index contributed by atoms with van der Waals surface area (Å²) in [6.45, 7) is 6.89. The molecule has 6 heteroatoms. The number of hydrogen-bond acceptors (Lipinski definition) is 4. The van der Waals surface area contributed by atoms with E-state index in [4.69, 9.17) is 14.2 Å². The van der Waals surface area contributed by atoms with Crippen LogP contribution in [-0.2, 0) is 22.3 Å². The Morgan fingerprint density at radius 1 is 1.18 bits per heavy atom. The van der Waals surface area contributed by atoms with Crippen molar-refractivity contribution in [3.63, 3.8) is 0 Å². The summed E-state index contributed by atoms with van der Waals surface area (Å²) in [5, 5.41) is 0. The van der Waals surface area contributed by atoms with E-state index in [1.165, 1.54) is 0 Å². The van der Waals surface area contributed by atoms with Crippen LogP contribution in [0, 0.1) is 0 Å².